The lowest BCUT2D eigenvalue weighted by molar-refractivity contribution is -0.144. The number of nitrogens with zero attached hydrogens (tertiary/aromatic N) is 3. The average molecular weight is 453 g/mol. The molecule has 0 saturated heterocycles. The lowest BCUT2D eigenvalue weighted by atomic mass is 9.87. The maximum absolute atomic E-state index is 11.3. The summed E-state index contributed by atoms with van der Waals surface area (Å²) in [6.45, 7) is -1.34. The Bertz CT molecular complexity index is 523. The third-order valence-electron chi connectivity index (χ3n) is 5.25. The Labute approximate surface area is 180 Å². The summed E-state index contributed by atoms with van der Waals surface area (Å²) in [4.78, 5) is 27.0. The topological polar surface area (TPSA) is 206 Å². The molecule has 1 saturated carbocycles. The van der Waals surface area contributed by atoms with Crippen molar-refractivity contribution in [1.82, 2.24) is 14.7 Å². The highest BCUT2D eigenvalue weighted by molar-refractivity contribution is 5.72. The van der Waals surface area contributed by atoms with Gasteiger partial charge in [0.15, 0.2) is 18.9 Å². The van der Waals surface area contributed by atoms with E-state index >= 15 is 0 Å². The minimum atomic E-state index is -1.71. The first-order valence-corrected chi connectivity index (χ1v) is 10.2. The van der Waals surface area contributed by atoms with Gasteiger partial charge in [0.1, 0.15) is 0 Å². The highest BCUT2D eigenvalue weighted by Gasteiger charge is 2.36. The fraction of sp³-hybridized carbons (Fsp3) is 0.889. The van der Waals surface area contributed by atoms with Crippen molar-refractivity contribution in [3.05, 3.63) is 0 Å². The van der Waals surface area contributed by atoms with E-state index in [-0.39, 0.29) is 38.8 Å². The quantitative estimate of drug-likeness (QED) is 0.113. The van der Waals surface area contributed by atoms with Crippen LogP contribution in [-0.2, 0) is 9.59 Å². The van der Waals surface area contributed by atoms with Crippen LogP contribution < -0.4 is 0 Å². The van der Waals surface area contributed by atoms with Crippen LogP contribution in [0.15, 0.2) is 0 Å². The largest absolute Gasteiger partial charge is 0.480 e. The van der Waals surface area contributed by atoms with E-state index in [9.17, 15) is 50.4 Å². The Kier molecular flexibility index (Phi) is 12.4. The summed E-state index contributed by atoms with van der Waals surface area (Å²) in [6.07, 6.45) is -2.43. The van der Waals surface area contributed by atoms with E-state index in [2.05, 4.69) is 0 Å². The van der Waals surface area contributed by atoms with Gasteiger partial charge in [-0.3, -0.25) is 24.3 Å². The van der Waals surface area contributed by atoms with Crippen LogP contribution >= 0.6 is 0 Å². The maximum Gasteiger partial charge on any atom is 0.317 e. The molecule has 1 aliphatic rings. The molecule has 0 radical (unpaired) electrons. The summed E-state index contributed by atoms with van der Waals surface area (Å²) in [5.74, 6) is -2.33. The Morgan fingerprint density at radius 3 is 1.48 bits per heavy atom. The molecule has 0 heterocycles. The minimum Gasteiger partial charge on any atom is -0.480 e. The second kappa shape index (κ2) is 13.9. The normalized spacial score (nSPS) is 20.0. The molecule has 13 heteroatoms. The molecule has 0 bridgehead atoms. The SMILES string of the molecule is O=C(O)CN(CC(=O)O)C1CCCCC1N(CCN(CC(O)O)CC(O)O)CC(O)O. The molecule has 1 rings (SSSR count). The fourth-order valence-corrected chi connectivity index (χ4v) is 4.17. The van der Waals surface area contributed by atoms with E-state index in [1.165, 1.54) is 9.80 Å². The van der Waals surface area contributed by atoms with Gasteiger partial charge < -0.3 is 40.9 Å². The van der Waals surface area contributed by atoms with Crippen LogP contribution in [0.5, 0.6) is 0 Å². The Morgan fingerprint density at radius 2 is 1.10 bits per heavy atom. The van der Waals surface area contributed by atoms with Crippen molar-refractivity contribution < 1.29 is 50.4 Å². The summed E-state index contributed by atoms with van der Waals surface area (Å²) in [6, 6.07) is -0.811. The molecule has 2 unspecified atom stereocenters. The lowest BCUT2D eigenvalue weighted by Gasteiger charge is -2.45. The minimum absolute atomic E-state index is 0.128. The molecule has 0 aliphatic heterocycles. The Balaban J connectivity index is 3.02. The molecule has 0 aromatic heterocycles. The first kappa shape index (κ1) is 27.6. The van der Waals surface area contributed by atoms with Crippen molar-refractivity contribution in [2.24, 2.45) is 0 Å². The molecule has 1 fully saturated rings. The number of carbonyl (C=O) groups is 2. The van der Waals surface area contributed by atoms with Gasteiger partial charge >= 0.3 is 11.9 Å². The molecule has 31 heavy (non-hydrogen) atoms. The van der Waals surface area contributed by atoms with Gasteiger partial charge in [-0.2, -0.15) is 0 Å². The number of hydrogen-bond acceptors (Lipinski definition) is 11. The lowest BCUT2D eigenvalue weighted by Crippen LogP contribution is -2.58. The molecule has 13 nitrogen and oxygen atoms in total. The van der Waals surface area contributed by atoms with Crippen molar-refractivity contribution in [2.45, 2.75) is 56.6 Å². The van der Waals surface area contributed by atoms with Crippen LogP contribution in [0.25, 0.3) is 0 Å². The van der Waals surface area contributed by atoms with Crippen molar-refractivity contribution in [2.75, 3.05) is 45.8 Å². The van der Waals surface area contributed by atoms with Crippen LogP contribution in [0, 0.1) is 0 Å². The van der Waals surface area contributed by atoms with Crippen molar-refractivity contribution in [3.63, 3.8) is 0 Å². The Hall–Kier alpha value is -1.42. The average Bonchev–Trinajstić information content (AvgIpc) is 2.62. The van der Waals surface area contributed by atoms with E-state index in [0.29, 0.717) is 12.8 Å². The van der Waals surface area contributed by atoms with E-state index in [1.807, 2.05) is 0 Å². The molecule has 8 N–H and O–H groups in total. The summed E-state index contributed by atoms with van der Waals surface area (Å²) in [5, 5.41) is 74.4. The van der Waals surface area contributed by atoms with Gasteiger partial charge in [-0.15, -0.1) is 0 Å². The van der Waals surface area contributed by atoms with E-state index in [1.54, 1.807) is 4.90 Å². The molecule has 0 aromatic rings. The van der Waals surface area contributed by atoms with E-state index in [0.717, 1.165) is 12.8 Å². The fourth-order valence-electron chi connectivity index (χ4n) is 4.17. The van der Waals surface area contributed by atoms with Crippen LogP contribution in [0.3, 0.4) is 0 Å². The van der Waals surface area contributed by atoms with Gasteiger partial charge in [0.25, 0.3) is 0 Å². The maximum atomic E-state index is 11.3. The van der Waals surface area contributed by atoms with Gasteiger partial charge in [-0.25, -0.2) is 0 Å². The van der Waals surface area contributed by atoms with Crippen LogP contribution in [0.4, 0.5) is 0 Å². The first-order chi connectivity index (χ1) is 14.5. The summed E-state index contributed by atoms with van der Waals surface area (Å²) >= 11 is 0. The van der Waals surface area contributed by atoms with Crippen molar-refractivity contribution in [3.8, 4) is 0 Å². The molecular weight excluding hydrogens is 418 g/mol. The third kappa shape index (κ3) is 11.1. The second-order valence-electron chi connectivity index (χ2n) is 7.81. The summed E-state index contributed by atoms with van der Waals surface area (Å²) in [5.41, 5.74) is 0. The molecule has 1 aliphatic carbocycles. The van der Waals surface area contributed by atoms with Gasteiger partial charge in [0.2, 0.25) is 0 Å². The molecule has 0 spiro atoms. The smallest absolute Gasteiger partial charge is 0.317 e. The van der Waals surface area contributed by atoms with E-state index in [4.69, 9.17) is 0 Å². The molecular formula is C18H35N3O10. The molecule has 0 amide bonds. The summed E-state index contributed by atoms with van der Waals surface area (Å²) < 4.78 is 0. The highest BCUT2D eigenvalue weighted by Crippen LogP contribution is 2.27. The number of aliphatic hydroxyl groups excluding tert-OH is 3. The number of carboxylic acids is 2. The number of rotatable bonds is 15. The zero-order valence-corrected chi connectivity index (χ0v) is 17.4. The Morgan fingerprint density at radius 1 is 0.677 bits per heavy atom. The van der Waals surface area contributed by atoms with Crippen LogP contribution in [0.1, 0.15) is 25.7 Å². The number of aliphatic carboxylic acids is 2. The van der Waals surface area contributed by atoms with Crippen LogP contribution in [-0.4, -0.2) is 144 Å². The van der Waals surface area contributed by atoms with Gasteiger partial charge in [0.05, 0.1) is 13.1 Å². The summed E-state index contributed by atoms with van der Waals surface area (Å²) in [7, 11) is 0. The molecule has 0 aromatic carbocycles. The predicted molar refractivity (Wildman–Crippen MR) is 106 cm³/mol. The predicted octanol–water partition coefficient (Wildman–Crippen LogP) is -3.70. The van der Waals surface area contributed by atoms with Gasteiger partial charge in [-0.05, 0) is 12.8 Å². The number of aliphatic hydroxyl groups is 6. The highest BCUT2D eigenvalue weighted by atomic mass is 16.5. The van der Waals surface area contributed by atoms with Crippen LogP contribution in [0.2, 0.25) is 0 Å². The number of carboxylic acid groups (broad SMARTS) is 2. The monoisotopic (exact) mass is 453 g/mol. The zero-order chi connectivity index (χ0) is 23.6. The van der Waals surface area contributed by atoms with Gasteiger partial charge in [-0.1, -0.05) is 12.8 Å². The third-order valence-corrected chi connectivity index (χ3v) is 5.25. The van der Waals surface area contributed by atoms with E-state index < -0.39 is 49.9 Å². The second-order valence-corrected chi connectivity index (χ2v) is 7.81. The van der Waals surface area contributed by atoms with Crippen molar-refractivity contribution >= 4 is 11.9 Å². The first-order valence-electron chi connectivity index (χ1n) is 10.2. The number of hydrogen-bond donors (Lipinski definition) is 8. The van der Waals surface area contributed by atoms with Crippen molar-refractivity contribution in [1.29, 1.82) is 0 Å². The van der Waals surface area contributed by atoms with Gasteiger partial charge in [0, 0.05) is 44.8 Å². The standard InChI is InChI=1S/C18H35N3O10/c22-14(23)7-19(8-15(24)25)5-6-20(9-16(26)27)12-3-1-2-4-13(12)21(10-17(28)29)11-18(30)31/h12-16,22-27H,1-11H2,(H,28,29)(H,30,31). The molecule has 2 atom stereocenters. The zero-order valence-electron chi connectivity index (χ0n) is 17.4. The molecule has 182 valence electrons.